The lowest BCUT2D eigenvalue weighted by Crippen LogP contribution is -2.54. The molecule has 0 radical (unpaired) electrons. The largest absolute Gasteiger partial charge is 0.394 e. The normalized spacial score (nSPS) is 33.1. The summed E-state index contributed by atoms with van der Waals surface area (Å²) < 4.78 is 10.9. The van der Waals surface area contributed by atoms with Crippen LogP contribution in [0.1, 0.15) is 11.9 Å². The number of hydrogen-bond acceptors (Lipinski definition) is 6. The highest BCUT2D eigenvalue weighted by molar-refractivity contribution is 5.16. The zero-order valence-corrected chi connectivity index (χ0v) is 10.3. The van der Waals surface area contributed by atoms with E-state index in [0.717, 1.165) is 0 Å². The van der Waals surface area contributed by atoms with Crippen molar-refractivity contribution in [1.82, 2.24) is 0 Å². The first kappa shape index (κ1) is 14.4. The van der Waals surface area contributed by atoms with E-state index in [4.69, 9.17) is 14.6 Å². The lowest BCUT2D eigenvalue weighted by atomic mass is 10.0. The Morgan fingerprint density at radius 3 is 2.37 bits per heavy atom. The smallest absolute Gasteiger partial charge is 0.184 e. The monoisotopic (exact) mass is 270 g/mol. The number of ether oxygens (including phenoxy) is 2. The van der Waals surface area contributed by atoms with Gasteiger partial charge in [-0.2, -0.15) is 0 Å². The molecule has 19 heavy (non-hydrogen) atoms. The zero-order valence-electron chi connectivity index (χ0n) is 10.3. The third-order valence-corrected chi connectivity index (χ3v) is 3.11. The average molecular weight is 270 g/mol. The summed E-state index contributed by atoms with van der Waals surface area (Å²) in [6, 6.07) is 9.00. The van der Waals surface area contributed by atoms with E-state index in [-0.39, 0.29) is 0 Å². The van der Waals surface area contributed by atoms with Crippen molar-refractivity contribution in [2.24, 2.45) is 0 Å². The minimum atomic E-state index is -1.24. The van der Waals surface area contributed by atoms with Crippen molar-refractivity contribution in [1.29, 1.82) is 0 Å². The first-order chi connectivity index (χ1) is 9.17. The number of benzene rings is 1. The maximum atomic E-state index is 9.91. The van der Waals surface area contributed by atoms with Crippen LogP contribution < -0.4 is 0 Å². The molecule has 4 N–H and O–H groups in total. The van der Waals surface area contributed by atoms with Crippen LogP contribution in [-0.2, 0) is 9.47 Å². The Hall–Kier alpha value is -1.02. The second-order valence-electron chi connectivity index (χ2n) is 4.44. The Bertz CT molecular complexity index is 384. The highest BCUT2D eigenvalue weighted by Crippen LogP contribution is 2.31. The van der Waals surface area contributed by atoms with Crippen LogP contribution in [0.2, 0.25) is 0 Å². The molecule has 1 fully saturated rings. The molecule has 0 saturated carbocycles. The van der Waals surface area contributed by atoms with E-state index in [1.807, 2.05) is 6.07 Å². The fraction of sp³-hybridized carbons (Fsp3) is 0.538. The summed E-state index contributed by atoms with van der Waals surface area (Å²) in [6.45, 7) is -0.941. The van der Waals surface area contributed by atoms with Crippen LogP contribution in [0.4, 0.5) is 0 Å². The Labute approximate surface area is 110 Å². The Balaban J connectivity index is 2.18. The maximum Gasteiger partial charge on any atom is 0.184 e. The molecule has 106 valence electrons. The van der Waals surface area contributed by atoms with Crippen molar-refractivity contribution in [3.8, 4) is 0 Å². The van der Waals surface area contributed by atoms with Gasteiger partial charge in [0.15, 0.2) is 6.29 Å². The van der Waals surface area contributed by atoms with Gasteiger partial charge in [0.05, 0.1) is 13.2 Å². The van der Waals surface area contributed by atoms with Crippen LogP contribution in [0, 0.1) is 0 Å². The third-order valence-electron chi connectivity index (χ3n) is 3.11. The first-order valence-electron chi connectivity index (χ1n) is 6.11. The Kier molecular flexibility index (Phi) is 4.87. The molecular formula is C13H18O6. The quantitative estimate of drug-likeness (QED) is 0.570. The number of aliphatic hydroxyl groups is 4. The summed E-state index contributed by atoms with van der Waals surface area (Å²) in [5.74, 6) is 0. The predicted octanol–water partition coefficient (Wildman–Crippen LogP) is -0.824. The van der Waals surface area contributed by atoms with Gasteiger partial charge in [-0.3, -0.25) is 0 Å². The number of hydrogen-bond donors (Lipinski definition) is 4. The molecular weight excluding hydrogens is 252 g/mol. The van der Waals surface area contributed by atoms with Crippen molar-refractivity contribution in [2.75, 3.05) is 13.2 Å². The fourth-order valence-electron chi connectivity index (χ4n) is 2.05. The molecule has 1 heterocycles. The summed E-state index contributed by atoms with van der Waals surface area (Å²) >= 11 is 0. The molecule has 1 aromatic rings. The molecule has 1 saturated heterocycles. The molecule has 1 aliphatic rings. The minimum Gasteiger partial charge on any atom is -0.394 e. The Morgan fingerprint density at radius 1 is 1.11 bits per heavy atom. The molecule has 0 bridgehead atoms. The molecule has 2 rings (SSSR count). The topological polar surface area (TPSA) is 99.4 Å². The van der Waals surface area contributed by atoms with E-state index in [1.165, 1.54) is 0 Å². The average Bonchev–Trinajstić information content (AvgIpc) is 2.47. The third kappa shape index (κ3) is 3.11. The van der Waals surface area contributed by atoms with E-state index in [0.29, 0.717) is 5.56 Å². The summed E-state index contributed by atoms with van der Waals surface area (Å²) in [5.41, 5.74) is 0.711. The molecule has 0 amide bonds. The van der Waals surface area contributed by atoms with Gasteiger partial charge in [0.1, 0.15) is 24.4 Å². The van der Waals surface area contributed by atoms with Crippen LogP contribution in [0.5, 0.6) is 0 Å². The van der Waals surface area contributed by atoms with Crippen molar-refractivity contribution in [3.05, 3.63) is 35.9 Å². The zero-order chi connectivity index (χ0) is 13.8. The van der Waals surface area contributed by atoms with E-state index >= 15 is 0 Å². The van der Waals surface area contributed by atoms with Crippen LogP contribution in [0.3, 0.4) is 0 Å². The number of rotatable bonds is 4. The van der Waals surface area contributed by atoms with Crippen molar-refractivity contribution < 1.29 is 29.9 Å². The van der Waals surface area contributed by atoms with E-state index in [9.17, 15) is 15.3 Å². The molecule has 1 aromatic carbocycles. The van der Waals surface area contributed by atoms with Crippen molar-refractivity contribution >= 4 is 0 Å². The van der Waals surface area contributed by atoms with Gasteiger partial charge in [0, 0.05) is 5.56 Å². The van der Waals surface area contributed by atoms with Gasteiger partial charge in [0.25, 0.3) is 0 Å². The van der Waals surface area contributed by atoms with Crippen LogP contribution in [0.15, 0.2) is 30.3 Å². The SMILES string of the molecule is OC[C@@H](O)[C@@H]1O[C@@H](c2ccccc2)O[C@@H](CO)[C@@H]1O. The van der Waals surface area contributed by atoms with Gasteiger partial charge < -0.3 is 29.9 Å². The predicted molar refractivity (Wildman–Crippen MR) is 65.1 cm³/mol. The van der Waals surface area contributed by atoms with Crippen LogP contribution >= 0.6 is 0 Å². The summed E-state index contributed by atoms with van der Waals surface area (Å²) in [4.78, 5) is 0. The first-order valence-corrected chi connectivity index (χ1v) is 6.11. The highest BCUT2D eigenvalue weighted by atomic mass is 16.7. The molecule has 5 atom stereocenters. The second-order valence-corrected chi connectivity index (χ2v) is 4.44. The molecule has 0 unspecified atom stereocenters. The van der Waals surface area contributed by atoms with E-state index in [2.05, 4.69) is 0 Å². The van der Waals surface area contributed by atoms with Crippen molar-refractivity contribution in [3.63, 3.8) is 0 Å². The second kappa shape index (κ2) is 6.42. The fourth-order valence-corrected chi connectivity index (χ4v) is 2.05. The summed E-state index contributed by atoms with van der Waals surface area (Å²) in [6.07, 6.45) is -5.12. The van der Waals surface area contributed by atoms with Gasteiger partial charge in [-0.15, -0.1) is 0 Å². The molecule has 1 aliphatic heterocycles. The van der Waals surface area contributed by atoms with E-state index < -0.39 is 43.9 Å². The summed E-state index contributed by atoms with van der Waals surface area (Å²) in [5, 5.41) is 37.8. The molecule has 6 nitrogen and oxygen atoms in total. The number of aliphatic hydroxyl groups excluding tert-OH is 4. The maximum absolute atomic E-state index is 9.91. The van der Waals surface area contributed by atoms with Crippen LogP contribution in [-0.4, -0.2) is 58.1 Å². The van der Waals surface area contributed by atoms with Gasteiger partial charge >= 0.3 is 0 Å². The summed E-state index contributed by atoms with van der Waals surface area (Å²) in [7, 11) is 0. The van der Waals surface area contributed by atoms with Gasteiger partial charge in [-0.1, -0.05) is 30.3 Å². The molecule has 6 heteroatoms. The van der Waals surface area contributed by atoms with Gasteiger partial charge in [-0.25, -0.2) is 0 Å². The highest BCUT2D eigenvalue weighted by Gasteiger charge is 2.42. The van der Waals surface area contributed by atoms with Gasteiger partial charge in [0.2, 0.25) is 0 Å². The lowest BCUT2D eigenvalue weighted by molar-refractivity contribution is -0.310. The Morgan fingerprint density at radius 2 is 1.79 bits per heavy atom. The van der Waals surface area contributed by atoms with E-state index in [1.54, 1.807) is 24.3 Å². The lowest BCUT2D eigenvalue weighted by Gasteiger charge is -2.40. The van der Waals surface area contributed by atoms with Crippen molar-refractivity contribution in [2.45, 2.75) is 30.7 Å². The standard InChI is InChI=1S/C13H18O6/c14-6-9(16)12-11(17)10(7-15)18-13(19-12)8-4-2-1-3-5-8/h1-5,9-17H,6-7H2/t9-,10+,11+,12+,13+/m1/s1. The molecule has 0 aromatic heterocycles. The van der Waals surface area contributed by atoms with Gasteiger partial charge in [-0.05, 0) is 0 Å². The minimum absolute atomic E-state index is 0.400. The van der Waals surface area contributed by atoms with Crippen LogP contribution in [0.25, 0.3) is 0 Å². The molecule has 0 aliphatic carbocycles. The molecule has 0 spiro atoms.